The maximum atomic E-state index is 12.4. The van der Waals surface area contributed by atoms with E-state index >= 15 is 0 Å². The van der Waals surface area contributed by atoms with Crippen molar-refractivity contribution in [3.05, 3.63) is 0 Å². The molecule has 2 unspecified atom stereocenters. The highest BCUT2D eigenvalue weighted by atomic mass is 16.4. The van der Waals surface area contributed by atoms with Crippen LogP contribution in [0.2, 0.25) is 0 Å². The van der Waals surface area contributed by atoms with E-state index in [1.165, 1.54) is 17.7 Å². The standard InChI is InChI=1S/C13H22N2O3/c1-9(10-6-7-10)14(2)13(18)15-8-4-3-5-11(15)12(16)17/h9-11H,3-8H2,1-2H3,(H,16,17). The number of carbonyl (C=O) groups excluding carboxylic acids is 1. The van der Waals surface area contributed by atoms with Crippen molar-refractivity contribution in [2.75, 3.05) is 13.6 Å². The van der Waals surface area contributed by atoms with Crippen molar-refractivity contribution in [2.24, 2.45) is 5.92 Å². The molecule has 1 heterocycles. The lowest BCUT2D eigenvalue weighted by atomic mass is 10.0. The number of hydrogen-bond acceptors (Lipinski definition) is 2. The third kappa shape index (κ3) is 2.60. The van der Waals surface area contributed by atoms with Crippen LogP contribution in [-0.2, 0) is 4.79 Å². The van der Waals surface area contributed by atoms with Gasteiger partial charge in [-0.2, -0.15) is 0 Å². The minimum absolute atomic E-state index is 0.124. The van der Waals surface area contributed by atoms with Gasteiger partial charge in [0.25, 0.3) is 0 Å². The number of carboxylic acids is 1. The fourth-order valence-electron chi connectivity index (χ4n) is 2.69. The molecule has 2 atom stereocenters. The van der Waals surface area contributed by atoms with E-state index in [4.69, 9.17) is 0 Å². The smallest absolute Gasteiger partial charge is 0.326 e. The summed E-state index contributed by atoms with van der Waals surface area (Å²) >= 11 is 0. The molecule has 1 aliphatic carbocycles. The van der Waals surface area contributed by atoms with Crippen molar-refractivity contribution >= 4 is 12.0 Å². The molecule has 0 aromatic heterocycles. The van der Waals surface area contributed by atoms with Gasteiger partial charge in [0.05, 0.1) is 0 Å². The molecular weight excluding hydrogens is 232 g/mol. The Morgan fingerprint density at radius 1 is 1.28 bits per heavy atom. The Balaban J connectivity index is 2.02. The predicted molar refractivity (Wildman–Crippen MR) is 67.3 cm³/mol. The van der Waals surface area contributed by atoms with Crippen LogP contribution in [0, 0.1) is 5.92 Å². The number of carboxylic acid groups (broad SMARTS) is 1. The average molecular weight is 254 g/mol. The maximum Gasteiger partial charge on any atom is 0.326 e. The van der Waals surface area contributed by atoms with Gasteiger partial charge in [0.1, 0.15) is 6.04 Å². The van der Waals surface area contributed by atoms with E-state index in [0.29, 0.717) is 18.9 Å². The molecule has 0 radical (unpaired) electrons. The molecule has 1 aliphatic heterocycles. The third-order valence-electron chi connectivity index (χ3n) is 4.25. The van der Waals surface area contributed by atoms with Gasteiger partial charge in [0.2, 0.25) is 0 Å². The summed E-state index contributed by atoms with van der Waals surface area (Å²) in [4.78, 5) is 26.8. The minimum atomic E-state index is -0.879. The molecule has 0 bridgehead atoms. The highest BCUT2D eigenvalue weighted by Crippen LogP contribution is 2.35. The molecule has 102 valence electrons. The van der Waals surface area contributed by atoms with Crippen molar-refractivity contribution in [3.63, 3.8) is 0 Å². The second-order valence-electron chi connectivity index (χ2n) is 5.51. The first-order valence-corrected chi connectivity index (χ1v) is 6.78. The van der Waals surface area contributed by atoms with Gasteiger partial charge in [-0.1, -0.05) is 0 Å². The number of amides is 2. The molecule has 0 spiro atoms. The second-order valence-corrected chi connectivity index (χ2v) is 5.51. The lowest BCUT2D eigenvalue weighted by molar-refractivity contribution is -0.143. The summed E-state index contributed by atoms with van der Waals surface area (Å²) in [6.07, 6.45) is 4.73. The second kappa shape index (κ2) is 5.16. The lowest BCUT2D eigenvalue weighted by Gasteiger charge is -2.37. The molecule has 5 heteroatoms. The largest absolute Gasteiger partial charge is 0.480 e. The van der Waals surface area contributed by atoms with E-state index in [1.54, 1.807) is 11.9 Å². The Bertz CT molecular complexity index is 341. The van der Waals surface area contributed by atoms with Gasteiger partial charge in [0.15, 0.2) is 0 Å². The summed E-state index contributed by atoms with van der Waals surface area (Å²) in [5.74, 6) is -0.275. The highest BCUT2D eigenvalue weighted by Gasteiger charge is 2.38. The van der Waals surface area contributed by atoms with Crippen LogP contribution in [0.4, 0.5) is 4.79 Å². The van der Waals surface area contributed by atoms with E-state index < -0.39 is 12.0 Å². The molecule has 18 heavy (non-hydrogen) atoms. The van der Waals surface area contributed by atoms with Gasteiger partial charge in [-0.25, -0.2) is 9.59 Å². The predicted octanol–water partition coefficient (Wildman–Crippen LogP) is 1.78. The molecule has 2 rings (SSSR count). The lowest BCUT2D eigenvalue weighted by Crippen LogP contribution is -2.54. The SMILES string of the molecule is CC(C1CC1)N(C)C(=O)N1CCCCC1C(=O)O. The molecule has 0 aromatic carbocycles. The number of nitrogens with zero attached hydrogens (tertiary/aromatic N) is 2. The first-order valence-electron chi connectivity index (χ1n) is 6.78. The molecule has 1 N–H and O–H groups in total. The third-order valence-corrected chi connectivity index (χ3v) is 4.25. The summed E-state index contributed by atoms with van der Waals surface area (Å²) in [6.45, 7) is 2.62. The summed E-state index contributed by atoms with van der Waals surface area (Å²) in [6, 6.07) is -0.546. The number of hydrogen-bond donors (Lipinski definition) is 1. The van der Waals surface area contributed by atoms with E-state index in [9.17, 15) is 14.7 Å². The number of aliphatic carboxylic acids is 1. The fraction of sp³-hybridized carbons (Fsp3) is 0.846. The molecule has 0 aromatic rings. The molecule has 5 nitrogen and oxygen atoms in total. The summed E-state index contributed by atoms with van der Waals surface area (Å²) in [5.41, 5.74) is 0. The van der Waals surface area contributed by atoms with Crippen LogP contribution in [0.5, 0.6) is 0 Å². The normalized spacial score (nSPS) is 25.7. The Kier molecular flexibility index (Phi) is 3.78. The fourth-order valence-corrected chi connectivity index (χ4v) is 2.69. The van der Waals surface area contributed by atoms with Crippen molar-refractivity contribution in [3.8, 4) is 0 Å². The van der Waals surface area contributed by atoms with E-state index in [2.05, 4.69) is 6.92 Å². The van der Waals surface area contributed by atoms with Crippen molar-refractivity contribution < 1.29 is 14.7 Å². The van der Waals surface area contributed by atoms with Crippen molar-refractivity contribution in [1.82, 2.24) is 9.80 Å². The van der Waals surface area contributed by atoms with Crippen LogP contribution in [0.25, 0.3) is 0 Å². The number of urea groups is 1. The van der Waals surface area contributed by atoms with Crippen LogP contribution < -0.4 is 0 Å². The number of piperidine rings is 1. The zero-order chi connectivity index (χ0) is 13.3. The number of rotatable bonds is 3. The van der Waals surface area contributed by atoms with E-state index in [1.807, 2.05) is 0 Å². The van der Waals surface area contributed by atoms with Crippen LogP contribution in [0.3, 0.4) is 0 Å². The van der Waals surface area contributed by atoms with Gasteiger partial charge in [0, 0.05) is 19.6 Å². The van der Waals surface area contributed by atoms with Crippen molar-refractivity contribution in [2.45, 2.75) is 51.1 Å². The van der Waals surface area contributed by atoms with E-state index in [0.717, 1.165) is 12.8 Å². The van der Waals surface area contributed by atoms with Gasteiger partial charge in [-0.15, -0.1) is 0 Å². The maximum absolute atomic E-state index is 12.4. The molecule has 1 saturated heterocycles. The van der Waals surface area contributed by atoms with Crippen LogP contribution in [0.15, 0.2) is 0 Å². The first-order chi connectivity index (χ1) is 8.52. The quantitative estimate of drug-likeness (QED) is 0.835. The highest BCUT2D eigenvalue weighted by molar-refractivity contribution is 5.83. The summed E-state index contributed by atoms with van der Waals surface area (Å²) in [5, 5.41) is 9.19. The Morgan fingerprint density at radius 2 is 1.94 bits per heavy atom. The van der Waals surface area contributed by atoms with Gasteiger partial charge in [-0.05, 0) is 44.9 Å². The molecule has 2 amide bonds. The molecule has 1 saturated carbocycles. The van der Waals surface area contributed by atoms with Crippen LogP contribution in [-0.4, -0.2) is 52.6 Å². The zero-order valence-corrected chi connectivity index (χ0v) is 11.1. The van der Waals surface area contributed by atoms with Crippen LogP contribution in [0.1, 0.15) is 39.0 Å². The monoisotopic (exact) mass is 254 g/mol. The molecule has 2 fully saturated rings. The number of carbonyl (C=O) groups is 2. The molecular formula is C13H22N2O3. The topological polar surface area (TPSA) is 60.9 Å². The van der Waals surface area contributed by atoms with Crippen LogP contribution >= 0.6 is 0 Å². The average Bonchev–Trinajstić information content (AvgIpc) is 3.20. The van der Waals surface area contributed by atoms with Gasteiger partial charge in [-0.3, -0.25) is 0 Å². The number of likely N-dealkylation sites (tertiary alicyclic amines) is 1. The van der Waals surface area contributed by atoms with E-state index in [-0.39, 0.29) is 12.1 Å². The minimum Gasteiger partial charge on any atom is -0.480 e. The summed E-state index contributed by atoms with van der Waals surface area (Å²) in [7, 11) is 1.79. The Morgan fingerprint density at radius 3 is 2.50 bits per heavy atom. The Hall–Kier alpha value is -1.26. The van der Waals surface area contributed by atoms with Gasteiger partial charge >= 0.3 is 12.0 Å². The summed E-state index contributed by atoms with van der Waals surface area (Å²) < 4.78 is 0. The zero-order valence-electron chi connectivity index (χ0n) is 11.1. The first kappa shape index (κ1) is 13.2. The molecule has 2 aliphatic rings. The van der Waals surface area contributed by atoms with Gasteiger partial charge < -0.3 is 14.9 Å². The van der Waals surface area contributed by atoms with Crippen molar-refractivity contribution in [1.29, 1.82) is 0 Å². The Labute approximate surface area is 108 Å².